The zero-order valence-electron chi connectivity index (χ0n) is 20.1. The van der Waals surface area contributed by atoms with E-state index in [1.807, 2.05) is 19.1 Å². The summed E-state index contributed by atoms with van der Waals surface area (Å²) in [4.78, 5) is 18.9. The van der Waals surface area contributed by atoms with Gasteiger partial charge in [-0.2, -0.15) is 0 Å². The Balaban J connectivity index is 1.28. The molecule has 3 aromatic rings. The van der Waals surface area contributed by atoms with Gasteiger partial charge in [0.05, 0.1) is 22.8 Å². The van der Waals surface area contributed by atoms with Crippen molar-refractivity contribution in [3.05, 3.63) is 53.2 Å². The van der Waals surface area contributed by atoms with Gasteiger partial charge >= 0.3 is 6.03 Å². The number of halogens is 1. The standard InChI is InChI=1S/C27H31ClN4O3/c1-17-13-21-24(15-26(17)34-16-18-8-11-32(2)12-9-18)29-10-7-25(21)35-20-5-6-23(22(28)14-20)31-27(33)30-19-3-4-19/h5-7,10,13-15,18-19H,3-4,8-9,11-12,16H2,1-2H3,(H2,30,31,33). The number of carbonyl (C=O) groups is 1. The number of carbonyl (C=O) groups excluding carboxylic acids is 1. The van der Waals surface area contributed by atoms with E-state index >= 15 is 0 Å². The van der Waals surface area contributed by atoms with Crippen LogP contribution in [0.5, 0.6) is 17.2 Å². The molecule has 1 aliphatic heterocycles. The van der Waals surface area contributed by atoms with Gasteiger partial charge in [0.1, 0.15) is 17.2 Å². The lowest BCUT2D eigenvalue weighted by Crippen LogP contribution is -2.32. The summed E-state index contributed by atoms with van der Waals surface area (Å²) in [6.45, 7) is 5.03. The summed E-state index contributed by atoms with van der Waals surface area (Å²) in [5.74, 6) is 2.72. The number of urea groups is 1. The van der Waals surface area contributed by atoms with E-state index in [0.717, 1.165) is 54.8 Å². The third kappa shape index (κ3) is 5.97. The zero-order chi connectivity index (χ0) is 24.4. The van der Waals surface area contributed by atoms with E-state index in [0.29, 0.717) is 28.1 Å². The highest BCUT2D eigenvalue weighted by Gasteiger charge is 2.23. The van der Waals surface area contributed by atoms with E-state index < -0.39 is 0 Å². The third-order valence-electron chi connectivity index (χ3n) is 6.64. The maximum absolute atomic E-state index is 12.0. The van der Waals surface area contributed by atoms with Gasteiger partial charge < -0.3 is 25.0 Å². The summed E-state index contributed by atoms with van der Waals surface area (Å²) in [6.07, 6.45) is 6.12. The molecule has 184 valence electrons. The number of nitrogens with one attached hydrogen (secondary N) is 2. The second-order valence-corrected chi connectivity index (χ2v) is 10.0. The van der Waals surface area contributed by atoms with E-state index in [1.165, 1.54) is 12.8 Å². The van der Waals surface area contributed by atoms with Crippen molar-refractivity contribution in [1.82, 2.24) is 15.2 Å². The topological polar surface area (TPSA) is 75.7 Å². The van der Waals surface area contributed by atoms with Crippen LogP contribution in [0.2, 0.25) is 5.02 Å². The molecule has 2 fully saturated rings. The molecule has 2 aromatic carbocycles. The minimum absolute atomic E-state index is 0.243. The Morgan fingerprint density at radius 2 is 1.91 bits per heavy atom. The summed E-state index contributed by atoms with van der Waals surface area (Å²) in [5, 5.41) is 6.99. The molecule has 1 aliphatic carbocycles. The second kappa shape index (κ2) is 10.3. The SMILES string of the molecule is Cc1cc2c(Oc3ccc(NC(=O)NC4CC4)c(Cl)c3)ccnc2cc1OCC1CCN(C)CC1. The molecule has 0 unspecified atom stereocenters. The first-order valence-electron chi connectivity index (χ1n) is 12.2. The highest BCUT2D eigenvalue weighted by atomic mass is 35.5. The van der Waals surface area contributed by atoms with E-state index in [9.17, 15) is 4.79 Å². The van der Waals surface area contributed by atoms with Gasteiger partial charge in [0.25, 0.3) is 0 Å². The van der Waals surface area contributed by atoms with Crippen molar-refractivity contribution in [2.75, 3.05) is 32.1 Å². The number of hydrogen-bond acceptors (Lipinski definition) is 5. The molecule has 0 atom stereocenters. The smallest absolute Gasteiger partial charge is 0.319 e. The molecule has 0 spiro atoms. The summed E-state index contributed by atoms with van der Waals surface area (Å²) >= 11 is 6.41. The molecule has 7 nitrogen and oxygen atoms in total. The number of aryl methyl sites for hydroxylation is 1. The largest absolute Gasteiger partial charge is 0.493 e. The maximum atomic E-state index is 12.0. The fourth-order valence-corrected chi connectivity index (χ4v) is 4.51. The van der Waals surface area contributed by atoms with Crippen molar-refractivity contribution >= 4 is 34.2 Å². The molecular weight excluding hydrogens is 464 g/mol. The van der Waals surface area contributed by atoms with Crippen LogP contribution in [0.1, 0.15) is 31.2 Å². The Labute approximate surface area is 210 Å². The van der Waals surface area contributed by atoms with Gasteiger partial charge in [0, 0.05) is 29.8 Å². The molecule has 1 saturated carbocycles. The lowest BCUT2D eigenvalue weighted by molar-refractivity contribution is 0.159. The van der Waals surface area contributed by atoms with Crippen LogP contribution in [0.3, 0.4) is 0 Å². The zero-order valence-corrected chi connectivity index (χ0v) is 20.9. The number of anilines is 1. The van der Waals surface area contributed by atoms with Crippen molar-refractivity contribution in [2.24, 2.45) is 5.92 Å². The fourth-order valence-electron chi connectivity index (χ4n) is 4.30. The third-order valence-corrected chi connectivity index (χ3v) is 6.95. The van der Waals surface area contributed by atoms with Crippen molar-refractivity contribution in [3.63, 3.8) is 0 Å². The Morgan fingerprint density at radius 3 is 2.66 bits per heavy atom. The number of ether oxygens (including phenoxy) is 2. The molecular formula is C27H31ClN4O3. The number of fused-ring (bicyclic) bond motifs is 1. The Bertz CT molecular complexity index is 1220. The number of benzene rings is 2. The normalized spacial score (nSPS) is 16.8. The summed E-state index contributed by atoms with van der Waals surface area (Å²) in [5.41, 5.74) is 2.40. The number of pyridine rings is 1. The van der Waals surface area contributed by atoms with Gasteiger partial charge in [-0.25, -0.2) is 4.79 Å². The van der Waals surface area contributed by atoms with E-state index in [-0.39, 0.29) is 12.1 Å². The first-order chi connectivity index (χ1) is 16.9. The molecule has 35 heavy (non-hydrogen) atoms. The summed E-state index contributed by atoms with van der Waals surface area (Å²) in [7, 11) is 2.17. The second-order valence-electron chi connectivity index (χ2n) is 9.62. The quantitative estimate of drug-likeness (QED) is 0.421. The molecule has 2 aliphatic rings. The molecule has 0 bridgehead atoms. The fraction of sp³-hybridized carbons (Fsp3) is 0.407. The van der Waals surface area contributed by atoms with Gasteiger partial charge in [0.2, 0.25) is 0 Å². The minimum Gasteiger partial charge on any atom is -0.493 e. The van der Waals surface area contributed by atoms with Crippen LogP contribution in [0.25, 0.3) is 10.9 Å². The van der Waals surface area contributed by atoms with Gasteiger partial charge in [-0.05, 0) is 88.5 Å². The van der Waals surface area contributed by atoms with Crippen LogP contribution < -0.4 is 20.1 Å². The minimum atomic E-state index is -0.243. The predicted molar refractivity (Wildman–Crippen MR) is 139 cm³/mol. The van der Waals surface area contributed by atoms with Crippen LogP contribution in [0.15, 0.2) is 42.6 Å². The van der Waals surface area contributed by atoms with Gasteiger partial charge in [-0.15, -0.1) is 0 Å². The lowest BCUT2D eigenvalue weighted by Gasteiger charge is -2.28. The number of amides is 2. The molecule has 2 heterocycles. The van der Waals surface area contributed by atoms with Gasteiger partial charge in [0.15, 0.2) is 0 Å². The van der Waals surface area contributed by atoms with Crippen LogP contribution in [0, 0.1) is 12.8 Å². The summed E-state index contributed by atoms with van der Waals surface area (Å²) < 4.78 is 12.4. The Kier molecular flexibility index (Phi) is 6.97. The van der Waals surface area contributed by atoms with Crippen LogP contribution in [-0.2, 0) is 0 Å². The number of likely N-dealkylation sites (tertiary alicyclic amines) is 1. The van der Waals surface area contributed by atoms with E-state index in [4.69, 9.17) is 21.1 Å². The van der Waals surface area contributed by atoms with Crippen molar-refractivity contribution in [3.8, 4) is 17.2 Å². The number of piperidine rings is 1. The highest BCUT2D eigenvalue weighted by Crippen LogP contribution is 2.35. The number of hydrogen-bond donors (Lipinski definition) is 2. The lowest BCUT2D eigenvalue weighted by atomic mass is 9.98. The average Bonchev–Trinajstić information content (AvgIpc) is 3.65. The Morgan fingerprint density at radius 1 is 1.11 bits per heavy atom. The van der Waals surface area contributed by atoms with Gasteiger partial charge in [-0.1, -0.05) is 11.6 Å². The predicted octanol–water partition coefficient (Wildman–Crippen LogP) is 5.99. The van der Waals surface area contributed by atoms with E-state index in [1.54, 1.807) is 24.4 Å². The van der Waals surface area contributed by atoms with Crippen LogP contribution >= 0.6 is 11.6 Å². The maximum Gasteiger partial charge on any atom is 0.319 e. The highest BCUT2D eigenvalue weighted by molar-refractivity contribution is 6.33. The molecule has 2 N–H and O–H groups in total. The monoisotopic (exact) mass is 494 g/mol. The first kappa shape index (κ1) is 23.7. The molecule has 1 saturated heterocycles. The van der Waals surface area contributed by atoms with E-state index in [2.05, 4.69) is 33.6 Å². The molecule has 8 heteroatoms. The van der Waals surface area contributed by atoms with Crippen molar-refractivity contribution in [1.29, 1.82) is 0 Å². The number of nitrogens with zero attached hydrogens (tertiary/aromatic N) is 2. The summed E-state index contributed by atoms with van der Waals surface area (Å²) in [6, 6.07) is 11.2. The average molecular weight is 495 g/mol. The number of aromatic nitrogens is 1. The number of rotatable bonds is 7. The molecule has 1 aromatic heterocycles. The van der Waals surface area contributed by atoms with Crippen molar-refractivity contribution < 1.29 is 14.3 Å². The first-order valence-corrected chi connectivity index (χ1v) is 12.6. The van der Waals surface area contributed by atoms with Crippen LogP contribution in [-0.4, -0.2) is 48.7 Å². The van der Waals surface area contributed by atoms with Gasteiger partial charge in [-0.3, -0.25) is 4.98 Å². The molecule has 2 amide bonds. The molecule has 5 rings (SSSR count). The van der Waals surface area contributed by atoms with Crippen molar-refractivity contribution in [2.45, 2.75) is 38.6 Å². The Hall–Kier alpha value is -3.03. The van der Waals surface area contributed by atoms with Crippen LogP contribution in [0.4, 0.5) is 10.5 Å². The molecule has 0 radical (unpaired) electrons.